The van der Waals surface area contributed by atoms with E-state index in [4.69, 9.17) is 4.42 Å². The van der Waals surface area contributed by atoms with Gasteiger partial charge in [0, 0.05) is 56.9 Å². The van der Waals surface area contributed by atoms with Crippen LogP contribution in [0.5, 0.6) is 0 Å². The molecular weight excluding hydrogens is 714 g/mol. The minimum Gasteiger partial charge on any atom is -0.455 e. The van der Waals surface area contributed by atoms with Crippen LogP contribution in [0.1, 0.15) is 81.8 Å². The fourth-order valence-corrected chi connectivity index (χ4v) is 10.1. The number of rotatable bonds is 3. The number of hydrogen-bond acceptors (Lipinski definition) is 1. The highest BCUT2D eigenvalue weighted by Gasteiger charge is 2.53. The second kappa shape index (κ2) is 12.1. The molecule has 2 aliphatic rings. The average molecular weight is 760 g/mol. The summed E-state index contributed by atoms with van der Waals surface area (Å²) in [6, 6.07) is 42.8. The molecule has 284 valence electrons. The average Bonchev–Trinajstić information content (AvgIpc) is 3.86. The van der Waals surface area contributed by atoms with Crippen molar-refractivity contribution in [3.05, 3.63) is 174 Å². The normalized spacial score (nSPS) is 17.5. The Hall–Kier alpha value is -6.33. The van der Waals surface area contributed by atoms with E-state index in [1.54, 1.807) is 0 Å². The van der Waals surface area contributed by atoms with Gasteiger partial charge in [0.05, 0.1) is 27.8 Å². The SMILES string of the molecule is C=CC1C(C2c3ccc4c(oc5cc(F)ccc54)c3-c3cc(-n4c5ccccc5c5ccccc54)cc[n+]32)c2ccc(C(C)(C)C)cc2-c2ccc(C(C)(C)C)c[n+]21. The Labute approximate surface area is 338 Å². The summed E-state index contributed by atoms with van der Waals surface area (Å²) in [6.45, 7) is 18.3. The Morgan fingerprint density at radius 1 is 0.655 bits per heavy atom. The van der Waals surface area contributed by atoms with Gasteiger partial charge in [-0.2, -0.15) is 9.13 Å². The summed E-state index contributed by atoms with van der Waals surface area (Å²) in [7, 11) is 0. The molecule has 11 rings (SSSR count). The van der Waals surface area contributed by atoms with Crippen LogP contribution >= 0.6 is 0 Å². The maximum Gasteiger partial charge on any atom is 0.219 e. The molecule has 0 N–H and O–H groups in total. The van der Waals surface area contributed by atoms with E-state index in [0.717, 1.165) is 44.3 Å². The summed E-state index contributed by atoms with van der Waals surface area (Å²) in [5, 5.41) is 4.34. The zero-order valence-corrected chi connectivity index (χ0v) is 33.8. The number of furan rings is 1. The topological polar surface area (TPSA) is 25.8 Å². The molecule has 3 unspecified atom stereocenters. The van der Waals surface area contributed by atoms with Gasteiger partial charge in [0.2, 0.25) is 11.4 Å². The van der Waals surface area contributed by atoms with Crippen molar-refractivity contribution in [1.29, 1.82) is 0 Å². The molecule has 5 heteroatoms. The lowest BCUT2D eigenvalue weighted by Crippen LogP contribution is -2.53. The molecule has 58 heavy (non-hydrogen) atoms. The van der Waals surface area contributed by atoms with Gasteiger partial charge in [-0.15, -0.1) is 0 Å². The Kier molecular flexibility index (Phi) is 7.27. The summed E-state index contributed by atoms with van der Waals surface area (Å²) in [4.78, 5) is 0. The monoisotopic (exact) mass is 759 g/mol. The number of pyridine rings is 2. The maximum atomic E-state index is 14.7. The predicted octanol–water partition coefficient (Wildman–Crippen LogP) is 12.8. The van der Waals surface area contributed by atoms with Gasteiger partial charge in [0.1, 0.15) is 22.9 Å². The highest BCUT2D eigenvalue weighted by molar-refractivity contribution is 6.11. The zero-order chi connectivity index (χ0) is 39.8. The van der Waals surface area contributed by atoms with Crippen LogP contribution in [-0.2, 0) is 10.8 Å². The number of para-hydroxylation sites is 2. The van der Waals surface area contributed by atoms with Gasteiger partial charge in [-0.3, -0.25) is 0 Å². The molecule has 0 fully saturated rings. The quantitative estimate of drug-likeness (QED) is 0.130. The van der Waals surface area contributed by atoms with E-state index < -0.39 is 0 Å². The second-order valence-electron chi connectivity index (χ2n) is 18.4. The summed E-state index contributed by atoms with van der Waals surface area (Å²) in [6.07, 6.45) is 6.79. The van der Waals surface area contributed by atoms with E-state index in [1.165, 1.54) is 56.4 Å². The summed E-state index contributed by atoms with van der Waals surface area (Å²) in [5.41, 5.74) is 14.3. The van der Waals surface area contributed by atoms with Crippen LogP contribution in [0.3, 0.4) is 0 Å². The van der Waals surface area contributed by atoms with Crippen molar-refractivity contribution in [2.24, 2.45) is 0 Å². The zero-order valence-electron chi connectivity index (χ0n) is 33.8. The molecule has 3 atom stereocenters. The van der Waals surface area contributed by atoms with Crippen LogP contribution < -0.4 is 9.13 Å². The first-order chi connectivity index (χ1) is 27.9. The molecule has 0 radical (unpaired) electrons. The lowest BCUT2D eigenvalue weighted by atomic mass is 9.74. The van der Waals surface area contributed by atoms with Gasteiger partial charge in [-0.1, -0.05) is 103 Å². The van der Waals surface area contributed by atoms with E-state index in [0.29, 0.717) is 5.58 Å². The third-order valence-electron chi connectivity index (χ3n) is 13.0. The molecule has 9 aromatic rings. The predicted molar refractivity (Wildman–Crippen MR) is 233 cm³/mol. The third-order valence-corrected chi connectivity index (χ3v) is 13.0. The molecule has 0 saturated carbocycles. The Morgan fingerprint density at radius 2 is 1.33 bits per heavy atom. The number of halogens is 1. The van der Waals surface area contributed by atoms with Crippen LogP contribution in [0.4, 0.5) is 4.39 Å². The van der Waals surface area contributed by atoms with E-state index in [1.807, 2.05) is 6.07 Å². The van der Waals surface area contributed by atoms with E-state index in [2.05, 4.69) is 183 Å². The maximum absolute atomic E-state index is 14.7. The van der Waals surface area contributed by atoms with Crippen LogP contribution in [0, 0.1) is 5.82 Å². The minimum atomic E-state index is -0.308. The molecule has 2 aliphatic heterocycles. The lowest BCUT2D eigenvalue weighted by Gasteiger charge is -2.33. The largest absolute Gasteiger partial charge is 0.455 e. The third kappa shape index (κ3) is 4.92. The number of benzene rings is 5. The van der Waals surface area contributed by atoms with Gasteiger partial charge in [-0.25, -0.2) is 4.39 Å². The number of allylic oxidation sites excluding steroid dienone is 1. The minimum absolute atomic E-state index is 0.0161. The molecule has 0 aliphatic carbocycles. The van der Waals surface area contributed by atoms with Crippen molar-refractivity contribution in [3.63, 3.8) is 0 Å². The second-order valence-corrected chi connectivity index (χ2v) is 18.4. The van der Waals surface area contributed by atoms with Crippen LogP contribution in [0.2, 0.25) is 0 Å². The van der Waals surface area contributed by atoms with Crippen molar-refractivity contribution < 1.29 is 17.9 Å². The summed E-state index contributed by atoms with van der Waals surface area (Å²) < 4.78 is 28.8. The molecule has 4 aromatic heterocycles. The molecule has 6 heterocycles. The van der Waals surface area contributed by atoms with Crippen molar-refractivity contribution in [2.45, 2.75) is 70.4 Å². The molecule has 0 amide bonds. The number of nitrogens with zero attached hydrogens (tertiary/aromatic N) is 3. The molecule has 4 nitrogen and oxygen atoms in total. The van der Waals surface area contributed by atoms with Gasteiger partial charge < -0.3 is 8.98 Å². The van der Waals surface area contributed by atoms with Crippen molar-refractivity contribution >= 4 is 43.7 Å². The molecule has 5 aromatic carbocycles. The number of fused-ring (bicyclic) bond motifs is 13. The van der Waals surface area contributed by atoms with E-state index in [-0.39, 0.29) is 34.6 Å². The Morgan fingerprint density at radius 3 is 2.03 bits per heavy atom. The Bertz CT molecular complexity index is 3150. The number of hydrogen-bond donors (Lipinski definition) is 0. The van der Waals surface area contributed by atoms with Crippen LogP contribution in [-0.4, -0.2) is 4.57 Å². The van der Waals surface area contributed by atoms with Gasteiger partial charge >= 0.3 is 0 Å². The highest BCUT2D eigenvalue weighted by atomic mass is 19.1. The molecular formula is C53H46FN3O+2. The van der Waals surface area contributed by atoms with Crippen molar-refractivity contribution in [3.8, 4) is 28.2 Å². The van der Waals surface area contributed by atoms with E-state index >= 15 is 0 Å². The standard InChI is InChI=1S/C53H46FN3O/c1-8-42-48(38-20-17-31(52(2,3)4)27-41(38)43-24-18-32(30-56(42)43)53(5,6)7)50-40-23-22-39-37-21-19-33(54)28-47(37)58-51(39)49(40)46-29-34(25-26-55(46)50)57-44-15-11-9-13-35(44)36-14-10-12-16-45(36)57/h8-30,42,48,50H,1H2,2-7H3/q+2. The van der Waals surface area contributed by atoms with Gasteiger partial charge in [0.25, 0.3) is 0 Å². The highest BCUT2D eigenvalue weighted by Crippen LogP contribution is 2.53. The van der Waals surface area contributed by atoms with Crippen LogP contribution in [0.25, 0.3) is 71.9 Å². The first-order valence-corrected chi connectivity index (χ1v) is 20.4. The molecule has 0 bridgehead atoms. The first-order valence-electron chi connectivity index (χ1n) is 20.4. The lowest BCUT2D eigenvalue weighted by molar-refractivity contribution is -0.739. The fourth-order valence-electron chi connectivity index (χ4n) is 10.1. The molecule has 0 saturated heterocycles. The summed E-state index contributed by atoms with van der Waals surface area (Å²) >= 11 is 0. The number of aromatic nitrogens is 3. The van der Waals surface area contributed by atoms with Crippen molar-refractivity contribution in [2.75, 3.05) is 0 Å². The fraction of sp³-hybridized carbons (Fsp3) is 0.208. The van der Waals surface area contributed by atoms with E-state index in [9.17, 15) is 4.39 Å². The van der Waals surface area contributed by atoms with Gasteiger partial charge in [-0.05, 0) is 70.5 Å². The smallest absolute Gasteiger partial charge is 0.219 e. The first kappa shape index (κ1) is 34.9. The molecule has 0 spiro atoms. The van der Waals surface area contributed by atoms with Crippen LogP contribution in [0.15, 0.2) is 151 Å². The van der Waals surface area contributed by atoms with Gasteiger partial charge in [0.15, 0.2) is 24.5 Å². The Balaban J connectivity index is 1.22. The summed E-state index contributed by atoms with van der Waals surface area (Å²) in [5.74, 6) is -0.324. The van der Waals surface area contributed by atoms with Crippen molar-refractivity contribution in [1.82, 2.24) is 4.57 Å².